The Morgan fingerprint density at radius 2 is 2.11 bits per heavy atom. The Kier molecular flexibility index (Phi) is 10.9. The fourth-order valence-electron chi connectivity index (χ4n) is 1.34. The van der Waals surface area contributed by atoms with Gasteiger partial charge in [-0.1, -0.05) is 13.5 Å². The predicted molar refractivity (Wildman–Crippen MR) is 79.6 cm³/mol. The molecule has 0 aromatic carbocycles. The molecular weight excluding hydrogens is 242 g/mol. The van der Waals surface area contributed by atoms with Crippen LogP contribution in [0.1, 0.15) is 20.3 Å². The quantitative estimate of drug-likeness (QED) is 0.507. The van der Waals surface area contributed by atoms with E-state index in [1.54, 1.807) is 7.11 Å². The van der Waals surface area contributed by atoms with E-state index < -0.39 is 0 Å². The van der Waals surface area contributed by atoms with Crippen LogP contribution >= 0.6 is 0 Å². The fraction of sp³-hybridized carbons (Fsp3) is 0.643. The van der Waals surface area contributed by atoms with Crippen molar-refractivity contribution >= 4 is 6.21 Å². The summed E-state index contributed by atoms with van der Waals surface area (Å²) in [5, 5.41) is 13.4. The molecule has 1 heterocycles. The molecular formula is C14H27N3O2. The van der Waals surface area contributed by atoms with Gasteiger partial charge in [0.25, 0.3) is 0 Å². The van der Waals surface area contributed by atoms with Crippen molar-refractivity contribution in [1.82, 2.24) is 10.6 Å². The first-order valence-corrected chi connectivity index (χ1v) is 6.60. The highest BCUT2D eigenvalue weighted by Gasteiger charge is 1.98. The predicted octanol–water partition coefficient (Wildman–Crippen LogP) is 1.68. The van der Waals surface area contributed by atoms with Crippen LogP contribution in [0.4, 0.5) is 0 Å². The Morgan fingerprint density at radius 3 is 2.42 bits per heavy atom. The molecule has 0 spiro atoms. The summed E-state index contributed by atoms with van der Waals surface area (Å²) in [6.07, 6.45) is 2.13. The Bertz CT molecular complexity index is 286. The van der Waals surface area contributed by atoms with Crippen LogP contribution in [0.3, 0.4) is 0 Å². The summed E-state index contributed by atoms with van der Waals surface area (Å²) in [6, 6.07) is 0. The molecule has 1 rings (SSSR count). The molecule has 0 aromatic heterocycles. The lowest BCUT2D eigenvalue weighted by atomic mass is 10.2. The van der Waals surface area contributed by atoms with Gasteiger partial charge in [-0.05, 0) is 18.9 Å². The van der Waals surface area contributed by atoms with Crippen molar-refractivity contribution in [1.29, 1.82) is 5.41 Å². The van der Waals surface area contributed by atoms with Crippen molar-refractivity contribution in [2.45, 2.75) is 20.3 Å². The number of morpholine rings is 1. The van der Waals surface area contributed by atoms with Crippen LogP contribution in [0, 0.1) is 5.41 Å². The van der Waals surface area contributed by atoms with E-state index in [1.807, 2.05) is 13.8 Å². The molecule has 0 saturated carbocycles. The topological polar surface area (TPSA) is 66.4 Å². The maximum atomic E-state index is 7.06. The molecule has 1 aliphatic heterocycles. The van der Waals surface area contributed by atoms with Crippen molar-refractivity contribution in [3.8, 4) is 0 Å². The van der Waals surface area contributed by atoms with Gasteiger partial charge >= 0.3 is 0 Å². The minimum Gasteiger partial charge on any atom is -0.495 e. The maximum absolute atomic E-state index is 7.06. The zero-order valence-corrected chi connectivity index (χ0v) is 12.3. The third-order valence-electron chi connectivity index (χ3n) is 2.65. The third-order valence-corrected chi connectivity index (χ3v) is 2.65. The minimum absolute atomic E-state index is 0.608. The Morgan fingerprint density at radius 1 is 1.47 bits per heavy atom. The van der Waals surface area contributed by atoms with Crippen LogP contribution < -0.4 is 10.6 Å². The number of rotatable bonds is 6. The second kappa shape index (κ2) is 11.7. The van der Waals surface area contributed by atoms with Crippen molar-refractivity contribution in [2.24, 2.45) is 0 Å². The van der Waals surface area contributed by atoms with E-state index in [2.05, 4.69) is 17.2 Å². The van der Waals surface area contributed by atoms with Gasteiger partial charge in [-0.3, -0.25) is 0 Å². The first-order chi connectivity index (χ1) is 9.15. The van der Waals surface area contributed by atoms with Crippen LogP contribution in [0.15, 0.2) is 23.6 Å². The Balaban J connectivity index is 0.000000443. The van der Waals surface area contributed by atoms with Gasteiger partial charge in [0.15, 0.2) is 0 Å². The van der Waals surface area contributed by atoms with Gasteiger partial charge in [0.2, 0.25) is 0 Å². The number of hydrogen-bond acceptors (Lipinski definition) is 5. The van der Waals surface area contributed by atoms with Crippen LogP contribution in [0.5, 0.6) is 0 Å². The normalized spacial score (nSPS) is 15.5. The van der Waals surface area contributed by atoms with E-state index in [0.29, 0.717) is 12.3 Å². The highest BCUT2D eigenvalue weighted by molar-refractivity contribution is 5.74. The average molecular weight is 269 g/mol. The molecule has 0 aromatic rings. The molecule has 0 unspecified atom stereocenters. The average Bonchev–Trinajstić information content (AvgIpc) is 2.48. The van der Waals surface area contributed by atoms with Gasteiger partial charge < -0.3 is 25.5 Å². The fourth-order valence-corrected chi connectivity index (χ4v) is 1.34. The van der Waals surface area contributed by atoms with Gasteiger partial charge in [-0.2, -0.15) is 0 Å². The van der Waals surface area contributed by atoms with Gasteiger partial charge in [-0.15, -0.1) is 0 Å². The molecule has 5 nitrogen and oxygen atoms in total. The largest absolute Gasteiger partial charge is 0.495 e. The first-order valence-electron chi connectivity index (χ1n) is 6.60. The lowest BCUT2D eigenvalue weighted by molar-refractivity contribution is 0.109. The molecule has 0 bridgehead atoms. The van der Waals surface area contributed by atoms with Crippen LogP contribution in [-0.2, 0) is 9.47 Å². The zero-order chi connectivity index (χ0) is 14.5. The zero-order valence-electron chi connectivity index (χ0n) is 12.3. The highest BCUT2D eigenvalue weighted by Crippen LogP contribution is 2.02. The number of nitrogens with one attached hydrogen (secondary N) is 3. The minimum atomic E-state index is 0.608. The van der Waals surface area contributed by atoms with Crippen molar-refractivity contribution in [3.05, 3.63) is 23.6 Å². The molecule has 1 aliphatic rings. The summed E-state index contributed by atoms with van der Waals surface area (Å²) in [5.74, 6) is 0.608. The van der Waals surface area contributed by atoms with Crippen molar-refractivity contribution in [2.75, 3.05) is 40.0 Å². The third kappa shape index (κ3) is 9.27. The van der Waals surface area contributed by atoms with Crippen molar-refractivity contribution in [3.63, 3.8) is 0 Å². The molecule has 0 amide bonds. The lowest BCUT2D eigenvalue weighted by Crippen LogP contribution is -2.30. The van der Waals surface area contributed by atoms with Gasteiger partial charge in [0.05, 0.1) is 26.5 Å². The van der Waals surface area contributed by atoms with E-state index >= 15 is 0 Å². The number of ether oxygens (including phenoxy) is 2. The van der Waals surface area contributed by atoms with Crippen LogP contribution in [0.25, 0.3) is 0 Å². The standard InChI is InChI=1S/C10H18N2O.C4H9NO/c1-5-9(3)12-7-8(2)10(6-11)13-4;1-3-6-4-2-5-1/h6,11-12H,3,5,7H2,1-2,4H3;5H,1-4H2/b10-8-,11-6?;. The second-order valence-corrected chi connectivity index (χ2v) is 4.17. The molecule has 1 saturated heterocycles. The maximum Gasteiger partial charge on any atom is 0.137 e. The molecule has 5 heteroatoms. The SMILES string of the molecule is C1COCCN1.C=C(CC)NC/C(C)=C(/C=N)OC. The molecule has 1 fully saturated rings. The first kappa shape index (κ1) is 17.7. The van der Waals surface area contributed by atoms with E-state index in [-0.39, 0.29) is 0 Å². The summed E-state index contributed by atoms with van der Waals surface area (Å²) in [4.78, 5) is 0. The monoisotopic (exact) mass is 269 g/mol. The molecule has 19 heavy (non-hydrogen) atoms. The van der Waals surface area contributed by atoms with Gasteiger partial charge in [0.1, 0.15) is 5.76 Å². The Hall–Kier alpha value is -1.33. The highest BCUT2D eigenvalue weighted by atomic mass is 16.5. The van der Waals surface area contributed by atoms with E-state index in [1.165, 1.54) is 6.21 Å². The number of methoxy groups -OCH3 is 1. The van der Waals surface area contributed by atoms with Gasteiger partial charge in [-0.25, -0.2) is 0 Å². The summed E-state index contributed by atoms with van der Waals surface area (Å²) in [5.41, 5.74) is 2.01. The molecule has 0 atom stereocenters. The molecule has 0 aliphatic carbocycles. The van der Waals surface area contributed by atoms with Crippen molar-refractivity contribution < 1.29 is 9.47 Å². The van der Waals surface area contributed by atoms with E-state index in [4.69, 9.17) is 14.9 Å². The molecule has 110 valence electrons. The van der Waals surface area contributed by atoms with Crippen LogP contribution in [0.2, 0.25) is 0 Å². The number of allylic oxidation sites excluding steroid dienone is 2. The van der Waals surface area contributed by atoms with Crippen LogP contribution in [-0.4, -0.2) is 46.2 Å². The lowest BCUT2D eigenvalue weighted by Gasteiger charge is -2.10. The summed E-state index contributed by atoms with van der Waals surface area (Å²) in [6.45, 7) is 12.3. The molecule has 0 radical (unpaired) electrons. The van der Waals surface area contributed by atoms with E-state index in [9.17, 15) is 0 Å². The number of hydrogen-bond donors (Lipinski definition) is 3. The Labute approximate surface area is 116 Å². The van der Waals surface area contributed by atoms with Gasteiger partial charge in [0, 0.05) is 25.3 Å². The van der Waals surface area contributed by atoms with E-state index in [0.717, 1.165) is 44.0 Å². The smallest absolute Gasteiger partial charge is 0.137 e. The summed E-state index contributed by atoms with van der Waals surface area (Å²) >= 11 is 0. The summed E-state index contributed by atoms with van der Waals surface area (Å²) < 4.78 is 10.0. The summed E-state index contributed by atoms with van der Waals surface area (Å²) in [7, 11) is 1.57. The second-order valence-electron chi connectivity index (χ2n) is 4.17. The molecule has 3 N–H and O–H groups in total.